The van der Waals surface area contributed by atoms with E-state index < -0.39 is 14.7 Å². The maximum atomic E-state index is 6.41. The molecule has 0 rings (SSSR count). The Labute approximate surface area is 285 Å². The Morgan fingerprint density at radius 2 is 0.568 bits per heavy atom. The zero-order valence-corrected chi connectivity index (χ0v) is 33.3. The number of ether oxygens (including phenoxy) is 2. The number of hydrogen-bond donors (Lipinski definition) is 0. The zero-order chi connectivity index (χ0) is 32.2. The van der Waals surface area contributed by atoms with Crippen molar-refractivity contribution in [2.45, 2.75) is 249 Å². The molecule has 0 aliphatic rings. The Bertz CT molecular complexity index is 511. The van der Waals surface area contributed by atoms with Crippen LogP contribution in [0.4, 0.5) is 0 Å². The van der Waals surface area contributed by atoms with Crippen LogP contribution in [0.25, 0.3) is 0 Å². The SMILES string of the molecule is CCCCCCCCCCCCCCCCCCOC(C)C(OCCCCCCCCCCCCCCCCCC)[As](C)C. The van der Waals surface area contributed by atoms with E-state index in [0.717, 1.165) is 13.2 Å². The second kappa shape index (κ2) is 37.9. The Kier molecular flexibility index (Phi) is 38.3. The molecule has 0 aromatic rings. The summed E-state index contributed by atoms with van der Waals surface area (Å²) >= 11 is -0.954. The van der Waals surface area contributed by atoms with Gasteiger partial charge in [-0.3, -0.25) is 0 Å². The van der Waals surface area contributed by atoms with Crippen LogP contribution in [0.3, 0.4) is 0 Å². The van der Waals surface area contributed by atoms with Gasteiger partial charge in [-0.1, -0.05) is 110 Å². The molecule has 2 atom stereocenters. The van der Waals surface area contributed by atoms with E-state index in [-0.39, 0.29) is 6.10 Å². The third-order valence-electron chi connectivity index (χ3n) is 9.58. The summed E-state index contributed by atoms with van der Waals surface area (Å²) in [6, 6.07) is 0. The molecule has 0 heterocycles. The van der Waals surface area contributed by atoms with E-state index in [2.05, 4.69) is 32.2 Å². The van der Waals surface area contributed by atoms with Crippen molar-refractivity contribution in [2.75, 3.05) is 13.2 Å². The minimum atomic E-state index is -0.954. The van der Waals surface area contributed by atoms with Crippen LogP contribution in [-0.4, -0.2) is 38.9 Å². The third kappa shape index (κ3) is 33.8. The molecule has 0 N–H and O–H groups in total. The van der Waals surface area contributed by atoms with Crippen LogP contribution in [0.15, 0.2) is 0 Å². The summed E-state index contributed by atoms with van der Waals surface area (Å²) in [7, 11) is 0. The maximum absolute atomic E-state index is 6.41. The third-order valence-corrected chi connectivity index (χ3v) is 12.9. The average molecular weight is 685 g/mol. The molecule has 0 bridgehead atoms. The second-order valence-electron chi connectivity index (χ2n) is 14.4. The van der Waals surface area contributed by atoms with E-state index in [9.17, 15) is 0 Å². The normalized spacial score (nSPS) is 13.2. The summed E-state index contributed by atoms with van der Waals surface area (Å²) in [6.07, 6.45) is 45.7. The molecular weight excluding hydrogens is 599 g/mol. The molecule has 0 aliphatic carbocycles. The Morgan fingerprint density at radius 3 is 0.818 bits per heavy atom. The molecule has 0 saturated heterocycles. The molecule has 0 spiro atoms. The van der Waals surface area contributed by atoms with Gasteiger partial charge < -0.3 is 0 Å². The standard InChI is InChI=1S/C41H85AsO2/c1-6-8-10-12-14-16-18-20-22-24-26-28-30-32-34-36-38-43-40(3)41(42(4)5)44-39-37-35-33-31-29-27-25-23-21-19-17-15-13-11-9-7-2/h40-41H,6-39H2,1-5H3. The molecular formula is C41H85AsO2. The predicted octanol–water partition coefficient (Wildman–Crippen LogP) is 14.6. The van der Waals surface area contributed by atoms with Crippen molar-refractivity contribution in [1.29, 1.82) is 0 Å². The van der Waals surface area contributed by atoms with Gasteiger partial charge in [0.05, 0.1) is 0 Å². The van der Waals surface area contributed by atoms with Crippen LogP contribution in [0.5, 0.6) is 0 Å². The number of hydrogen-bond acceptors (Lipinski definition) is 2. The van der Waals surface area contributed by atoms with Crippen LogP contribution >= 0.6 is 0 Å². The summed E-state index contributed by atoms with van der Waals surface area (Å²) in [4.78, 5) is 0.375. The van der Waals surface area contributed by atoms with Gasteiger partial charge in [0.1, 0.15) is 0 Å². The van der Waals surface area contributed by atoms with Crippen LogP contribution in [0.1, 0.15) is 226 Å². The summed E-state index contributed by atoms with van der Waals surface area (Å²) in [5.41, 5.74) is 4.86. The summed E-state index contributed by atoms with van der Waals surface area (Å²) < 4.78 is 12.7. The van der Waals surface area contributed by atoms with Gasteiger partial charge in [-0.25, -0.2) is 0 Å². The first-order chi connectivity index (χ1) is 21.6. The van der Waals surface area contributed by atoms with Crippen LogP contribution < -0.4 is 0 Å². The molecule has 266 valence electrons. The molecule has 0 radical (unpaired) electrons. The fourth-order valence-corrected chi connectivity index (χ4v) is 9.35. The van der Waals surface area contributed by atoms with Crippen molar-refractivity contribution >= 4 is 14.7 Å². The molecule has 0 fully saturated rings. The van der Waals surface area contributed by atoms with Gasteiger partial charge in [-0.15, -0.1) is 0 Å². The minimum absolute atomic E-state index is 0.266. The number of rotatable bonds is 38. The summed E-state index contributed by atoms with van der Waals surface area (Å²) in [5, 5.41) is 0. The van der Waals surface area contributed by atoms with Gasteiger partial charge in [0.15, 0.2) is 0 Å². The molecule has 0 aromatic heterocycles. The molecule has 3 heteroatoms. The molecule has 44 heavy (non-hydrogen) atoms. The van der Waals surface area contributed by atoms with Crippen molar-refractivity contribution < 1.29 is 9.47 Å². The van der Waals surface area contributed by atoms with Crippen LogP contribution in [0.2, 0.25) is 11.4 Å². The molecule has 0 amide bonds. The van der Waals surface area contributed by atoms with Gasteiger partial charge in [-0.2, -0.15) is 0 Å². The van der Waals surface area contributed by atoms with E-state index in [1.807, 2.05) is 0 Å². The Hall–Kier alpha value is 0.478. The first kappa shape index (κ1) is 44.5. The fraction of sp³-hybridized carbons (Fsp3) is 1.00. The summed E-state index contributed by atoms with van der Waals surface area (Å²) in [6.45, 7) is 8.72. The topological polar surface area (TPSA) is 18.5 Å². The first-order valence-electron chi connectivity index (χ1n) is 20.5. The van der Waals surface area contributed by atoms with Crippen molar-refractivity contribution in [3.05, 3.63) is 0 Å². The summed E-state index contributed by atoms with van der Waals surface area (Å²) in [5.74, 6) is 0. The molecule has 0 aliphatic heterocycles. The van der Waals surface area contributed by atoms with Crippen molar-refractivity contribution in [1.82, 2.24) is 0 Å². The predicted molar refractivity (Wildman–Crippen MR) is 202 cm³/mol. The second-order valence-corrected chi connectivity index (χ2v) is 19.5. The van der Waals surface area contributed by atoms with Crippen LogP contribution in [0, 0.1) is 0 Å². The first-order valence-corrected chi connectivity index (χ1v) is 25.4. The number of unbranched alkanes of at least 4 members (excludes halogenated alkanes) is 30. The Morgan fingerprint density at radius 1 is 0.341 bits per heavy atom. The van der Waals surface area contributed by atoms with Gasteiger partial charge in [0.2, 0.25) is 0 Å². The van der Waals surface area contributed by atoms with E-state index in [0.29, 0.717) is 4.89 Å². The van der Waals surface area contributed by atoms with Gasteiger partial charge in [-0.05, 0) is 0 Å². The zero-order valence-electron chi connectivity index (χ0n) is 31.5. The molecule has 2 nitrogen and oxygen atoms in total. The molecule has 0 aromatic carbocycles. The van der Waals surface area contributed by atoms with Crippen molar-refractivity contribution in [3.63, 3.8) is 0 Å². The fourth-order valence-electron chi connectivity index (χ4n) is 6.56. The van der Waals surface area contributed by atoms with Gasteiger partial charge >= 0.3 is 176 Å². The van der Waals surface area contributed by atoms with Gasteiger partial charge in [0.25, 0.3) is 0 Å². The van der Waals surface area contributed by atoms with Crippen LogP contribution in [-0.2, 0) is 9.47 Å². The molecule has 2 unspecified atom stereocenters. The monoisotopic (exact) mass is 685 g/mol. The van der Waals surface area contributed by atoms with E-state index in [4.69, 9.17) is 9.47 Å². The van der Waals surface area contributed by atoms with Gasteiger partial charge in [0, 0.05) is 0 Å². The molecule has 0 saturated carbocycles. The quantitative estimate of drug-likeness (QED) is 0.0476. The van der Waals surface area contributed by atoms with E-state index in [1.165, 1.54) is 205 Å². The van der Waals surface area contributed by atoms with E-state index in [1.54, 1.807) is 0 Å². The van der Waals surface area contributed by atoms with Crippen molar-refractivity contribution in [3.8, 4) is 0 Å². The Balaban J connectivity index is 3.48. The van der Waals surface area contributed by atoms with E-state index >= 15 is 0 Å². The average Bonchev–Trinajstić information content (AvgIpc) is 3.01. The van der Waals surface area contributed by atoms with Crippen molar-refractivity contribution in [2.24, 2.45) is 0 Å².